The summed E-state index contributed by atoms with van der Waals surface area (Å²) in [5, 5.41) is 9.21. The number of rotatable bonds is 4. The second kappa shape index (κ2) is 7.93. The van der Waals surface area contributed by atoms with E-state index in [4.69, 9.17) is 10.7 Å². The largest absolute Gasteiger partial charge is 0.383 e. The SMILES string of the molecule is Nc1c(Br)c(CNC2CCSCC2)nc2c(-c3cnc4ccccc4c3)cnn12. The molecule has 1 fully saturated rings. The van der Waals surface area contributed by atoms with Gasteiger partial charge in [0.15, 0.2) is 5.65 Å². The predicted molar refractivity (Wildman–Crippen MR) is 123 cm³/mol. The summed E-state index contributed by atoms with van der Waals surface area (Å²) in [6, 6.07) is 10.7. The molecule has 0 spiro atoms. The Bertz CT molecular complexity index is 1180. The number of nitrogens with two attached hydrogens (primary N) is 1. The zero-order chi connectivity index (χ0) is 19.8. The number of benzene rings is 1. The maximum atomic E-state index is 6.38. The highest BCUT2D eigenvalue weighted by Crippen LogP contribution is 2.31. The fraction of sp³-hybridized carbons (Fsp3) is 0.286. The van der Waals surface area contributed by atoms with Gasteiger partial charge in [-0.3, -0.25) is 4.98 Å². The van der Waals surface area contributed by atoms with E-state index in [9.17, 15) is 0 Å². The highest BCUT2D eigenvalue weighted by atomic mass is 79.9. The van der Waals surface area contributed by atoms with Crippen LogP contribution in [-0.4, -0.2) is 37.1 Å². The van der Waals surface area contributed by atoms with E-state index in [1.54, 1.807) is 4.52 Å². The van der Waals surface area contributed by atoms with Crippen molar-refractivity contribution in [1.82, 2.24) is 24.9 Å². The number of anilines is 1. The Balaban J connectivity index is 1.53. The van der Waals surface area contributed by atoms with Crippen LogP contribution in [0.2, 0.25) is 0 Å². The van der Waals surface area contributed by atoms with Gasteiger partial charge < -0.3 is 11.1 Å². The van der Waals surface area contributed by atoms with E-state index in [0.717, 1.165) is 37.8 Å². The first-order valence-corrected chi connectivity index (χ1v) is 11.6. The number of hydrogen-bond donors (Lipinski definition) is 2. The van der Waals surface area contributed by atoms with Gasteiger partial charge in [-0.25, -0.2) is 4.98 Å². The van der Waals surface area contributed by atoms with Gasteiger partial charge in [0.2, 0.25) is 0 Å². The van der Waals surface area contributed by atoms with Crippen molar-refractivity contribution in [3.05, 3.63) is 52.9 Å². The van der Waals surface area contributed by atoms with Crippen LogP contribution in [0.3, 0.4) is 0 Å². The molecule has 148 valence electrons. The third-order valence-corrected chi connectivity index (χ3v) is 7.28. The van der Waals surface area contributed by atoms with Crippen molar-refractivity contribution in [1.29, 1.82) is 0 Å². The van der Waals surface area contributed by atoms with Crippen molar-refractivity contribution < 1.29 is 0 Å². The Morgan fingerprint density at radius 2 is 2.03 bits per heavy atom. The second-order valence-corrected chi connectivity index (χ2v) is 9.25. The molecule has 1 aliphatic heterocycles. The Kier molecular flexibility index (Phi) is 5.15. The fourth-order valence-corrected chi connectivity index (χ4v) is 5.23. The van der Waals surface area contributed by atoms with Crippen LogP contribution in [0.4, 0.5) is 5.82 Å². The van der Waals surface area contributed by atoms with E-state index in [2.05, 4.69) is 43.5 Å². The maximum Gasteiger partial charge on any atom is 0.165 e. The van der Waals surface area contributed by atoms with Crippen molar-refractivity contribution in [2.45, 2.75) is 25.4 Å². The van der Waals surface area contributed by atoms with Crippen LogP contribution in [0.25, 0.3) is 27.7 Å². The lowest BCUT2D eigenvalue weighted by Gasteiger charge is -2.22. The first kappa shape index (κ1) is 18.8. The third kappa shape index (κ3) is 3.60. The molecular weight excluding hydrogens is 448 g/mol. The number of para-hydroxylation sites is 1. The lowest BCUT2D eigenvalue weighted by atomic mass is 10.1. The molecule has 1 aromatic carbocycles. The standard InChI is InChI=1S/C21H21BrN6S/c22-19-18(12-24-15-5-7-29-8-6-15)27-21-16(11-26-28(21)20(19)23)14-9-13-3-1-2-4-17(13)25-10-14/h1-4,9-11,15,24H,5-8,12,23H2. The lowest BCUT2D eigenvalue weighted by molar-refractivity contribution is 0.478. The molecule has 0 amide bonds. The number of fused-ring (bicyclic) bond motifs is 2. The van der Waals surface area contributed by atoms with E-state index >= 15 is 0 Å². The first-order chi connectivity index (χ1) is 14.2. The first-order valence-electron chi connectivity index (χ1n) is 9.68. The van der Waals surface area contributed by atoms with Crippen LogP contribution in [-0.2, 0) is 6.54 Å². The van der Waals surface area contributed by atoms with Gasteiger partial charge in [-0.15, -0.1) is 0 Å². The van der Waals surface area contributed by atoms with Gasteiger partial charge in [0.25, 0.3) is 0 Å². The molecule has 5 rings (SSSR count). The molecule has 29 heavy (non-hydrogen) atoms. The summed E-state index contributed by atoms with van der Waals surface area (Å²) in [6.07, 6.45) is 6.07. The zero-order valence-electron chi connectivity index (χ0n) is 15.8. The molecule has 4 aromatic rings. The molecule has 0 radical (unpaired) electrons. The number of hydrogen-bond acceptors (Lipinski definition) is 6. The van der Waals surface area contributed by atoms with E-state index in [1.165, 1.54) is 24.3 Å². The van der Waals surface area contributed by atoms with Crippen molar-refractivity contribution >= 4 is 50.1 Å². The van der Waals surface area contributed by atoms with E-state index in [0.29, 0.717) is 18.4 Å². The molecule has 0 aliphatic carbocycles. The monoisotopic (exact) mass is 468 g/mol. The summed E-state index contributed by atoms with van der Waals surface area (Å²) in [5.41, 5.74) is 10.9. The van der Waals surface area contributed by atoms with Gasteiger partial charge in [-0.2, -0.15) is 21.4 Å². The molecule has 0 atom stereocenters. The quantitative estimate of drug-likeness (QED) is 0.465. The Morgan fingerprint density at radius 3 is 2.90 bits per heavy atom. The fourth-order valence-electron chi connectivity index (χ4n) is 3.73. The van der Waals surface area contributed by atoms with Crippen molar-refractivity contribution in [3.8, 4) is 11.1 Å². The molecule has 8 heteroatoms. The maximum absolute atomic E-state index is 6.38. The van der Waals surface area contributed by atoms with Crippen molar-refractivity contribution in [3.63, 3.8) is 0 Å². The summed E-state index contributed by atoms with van der Waals surface area (Å²) in [6.45, 7) is 0.678. The van der Waals surface area contributed by atoms with Gasteiger partial charge in [0.1, 0.15) is 5.82 Å². The topological polar surface area (TPSA) is 81.1 Å². The normalized spacial score (nSPS) is 15.3. The Morgan fingerprint density at radius 1 is 1.21 bits per heavy atom. The summed E-state index contributed by atoms with van der Waals surface area (Å²) in [4.78, 5) is 9.50. The van der Waals surface area contributed by atoms with Crippen LogP contribution < -0.4 is 11.1 Å². The highest BCUT2D eigenvalue weighted by Gasteiger charge is 2.18. The number of thioether (sulfide) groups is 1. The van der Waals surface area contributed by atoms with Crippen LogP contribution in [0.1, 0.15) is 18.5 Å². The van der Waals surface area contributed by atoms with E-state index in [-0.39, 0.29) is 0 Å². The average Bonchev–Trinajstić information content (AvgIpc) is 3.19. The molecule has 3 aromatic heterocycles. The minimum Gasteiger partial charge on any atom is -0.383 e. The van der Waals surface area contributed by atoms with Gasteiger partial charge in [-0.05, 0) is 52.4 Å². The average molecular weight is 469 g/mol. The smallest absolute Gasteiger partial charge is 0.165 e. The van der Waals surface area contributed by atoms with Gasteiger partial charge in [-0.1, -0.05) is 18.2 Å². The number of nitrogens with one attached hydrogen (secondary N) is 1. The van der Waals surface area contributed by atoms with Crippen molar-refractivity contribution in [2.75, 3.05) is 17.2 Å². The Hall–Kier alpha value is -2.16. The van der Waals surface area contributed by atoms with Crippen LogP contribution in [0.15, 0.2) is 47.2 Å². The summed E-state index contributed by atoms with van der Waals surface area (Å²) >= 11 is 5.65. The zero-order valence-corrected chi connectivity index (χ0v) is 18.2. The molecule has 1 aliphatic rings. The van der Waals surface area contributed by atoms with Gasteiger partial charge in [0.05, 0.1) is 21.9 Å². The number of aromatic nitrogens is 4. The van der Waals surface area contributed by atoms with Gasteiger partial charge >= 0.3 is 0 Å². The number of halogens is 1. The molecule has 3 N–H and O–H groups in total. The Labute approximate surface area is 181 Å². The molecule has 6 nitrogen and oxygen atoms in total. The van der Waals surface area contributed by atoms with Crippen molar-refractivity contribution in [2.24, 2.45) is 0 Å². The predicted octanol–water partition coefficient (Wildman–Crippen LogP) is 4.27. The molecule has 0 unspecified atom stereocenters. The number of nitrogen functional groups attached to an aromatic ring is 1. The van der Waals surface area contributed by atoms with E-state index in [1.807, 2.05) is 42.4 Å². The molecule has 0 saturated carbocycles. The second-order valence-electron chi connectivity index (χ2n) is 7.24. The number of pyridine rings is 1. The molecule has 4 heterocycles. The minimum atomic E-state index is 0.538. The van der Waals surface area contributed by atoms with E-state index < -0.39 is 0 Å². The molecule has 1 saturated heterocycles. The highest BCUT2D eigenvalue weighted by molar-refractivity contribution is 9.10. The van der Waals surface area contributed by atoms with Gasteiger partial charge in [0, 0.05) is 35.3 Å². The molecular formula is C21H21BrN6S. The summed E-state index contributed by atoms with van der Waals surface area (Å²) < 4.78 is 2.49. The van der Waals surface area contributed by atoms with Crippen LogP contribution >= 0.6 is 27.7 Å². The summed E-state index contributed by atoms with van der Waals surface area (Å²) in [7, 11) is 0. The summed E-state index contributed by atoms with van der Waals surface area (Å²) in [5.74, 6) is 3.00. The minimum absolute atomic E-state index is 0.538. The van der Waals surface area contributed by atoms with Crippen LogP contribution in [0.5, 0.6) is 0 Å². The lowest BCUT2D eigenvalue weighted by Crippen LogP contribution is -2.32. The third-order valence-electron chi connectivity index (χ3n) is 5.37. The number of nitrogens with zero attached hydrogens (tertiary/aromatic N) is 4. The molecule has 0 bridgehead atoms. The van der Waals surface area contributed by atoms with Crippen LogP contribution in [0, 0.1) is 0 Å².